The number of anilines is 1. The Morgan fingerprint density at radius 3 is 2.67 bits per heavy atom. The normalized spacial score (nSPS) is 10.2. The molecular formula is C14H14ClN3O3. The lowest BCUT2D eigenvalue weighted by atomic mass is 10.3. The third-order valence-electron chi connectivity index (χ3n) is 2.63. The van der Waals surface area contributed by atoms with E-state index >= 15 is 0 Å². The van der Waals surface area contributed by atoms with Crippen LogP contribution >= 0.6 is 11.6 Å². The molecule has 110 valence electrons. The van der Waals surface area contributed by atoms with Crippen molar-refractivity contribution >= 4 is 23.4 Å². The van der Waals surface area contributed by atoms with Crippen LogP contribution in [0.5, 0.6) is 5.75 Å². The van der Waals surface area contributed by atoms with E-state index in [2.05, 4.69) is 9.97 Å². The Kier molecular flexibility index (Phi) is 4.59. The second-order valence-corrected chi connectivity index (χ2v) is 4.85. The number of rotatable bonds is 5. The summed E-state index contributed by atoms with van der Waals surface area (Å²) in [5, 5.41) is 9.55. The largest absolute Gasteiger partial charge is 0.484 e. The van der Waals surface area contributed by atoms with Gasteiger partial charge in [0.25, 0.3) is 0 Å². The van der Waals surface area contributed by atoms with Crippen molar-refractivity contribution in [3.05, 3.63) is 46.9 Å². The average molecular weight is 308 g/mol. The van der Waals surface area contributed by atoms with Crippen LogP contribution < -0.4 is 9.64 Å². The number of nitrogens with zero attached hydrogens (tertiary/aromatic N) is 3. The predicted octanol–water partition coefficient (Wildman–Crippen LogP) is 2.47. The molecule has 0 bridgehead atoms. The molecule has 0 unspecified atom stereocenters. The molecule has 0 saturated carbocycles. The summed E-state index contributed by atoms with van der Waals surface area (Å²) in [6, 6.07) is 8.41. The molecule has 2 aromatic rings. The van der Waals surface area contributed by atoms with E-state index in [-0.39, 0.29) is 18.1 Å². The third kappa shape index (κ3) is 3.82. The van der Waals surface area contributed by atoms with Crippen LogP contribution in [0.1, 0.15) is 16.3 Å². The Labute approximate surface area is 127 Å². The highest BCUT2D eigenvalue weighted by molar-refractivity contribution is 6.32. The molecule has 0 fully saturated rings. The molecule has 1 aromatic carbocycles. The highest BCUT2D eigenvalue weighted by atomic mass is 35.5. The molecule has 0 spiro atoms. The lowest BCUT2D eigenvalue weighted by Gasteiger charge is -2.13. The van der Waals surface area contributed by atoms with Gasteiger partial charge in [-0.3, -0.25) is 0 Å². The predicted molar refractivity (Wildman–Crippen MR) is 79.1 cm³/mol. The monoisotopic (exact) mass is 307 g/mol. The van der Waals surface area contributed by atoms with E-state index in [0.717, 1.165) is 0 Å². The van der Waals surface area contributed by atoms with Crippen molar-refractivity contribution in [2.24, 2.45) is 0 Å². The minimum atomic E-state index is -1.11. The van der Waals surface area contributed by atoms with Crippen LogP contribution in [0.15, 0.2) is 30.3 Å². The van der Waals surface area contributed by atoms with Gasteiger partial charge in [-0.1, -0.05) is 23.7 Å². The molecule has 0 atom stereocenters. The molecule has 1 heterocycles. The summed E-state index contributed by atoms with van der Waals surface area (Å²) in [5.74, 6) is 0.160. The molecule has 0 saturated heterocycles. The summed E-state index contributed by atoms with van der Waals surface area (Å²) < 4.78 is 5.52. The van der Waals surface area contributed by atoms with Crippen molar-refractivity contribution in [1.29, 1.82) is 0 Å². The van der Waals surface area contributed by atoms with Crippen LogP contribution in [0.3, 0.4) is 0 Å². The van der Waals surface area contributed by atoms with Gasteiger partial charge in [-0.05, 0) is 12.1 Å². The maximum atomic E-state index is 11.1. The zero-order valence-corrected chi connectivity index (χ0v) is 12.3. The Balaban J connectivity index is 2.23. The molecule has 1 N–H and O–H groups in total. The van der Waals surface area contributed by atoms with E-state index in [9.17, 15) is 4.79 Å². The van der Waals surface area contributed by atoms with Crippen molar-refractivity contribution in [1.82, 2.24) is 9.97 Å². The van der Waals surface area contributed by atoms with Gasteiger partial charge in [0.15, 0.2) is 11.5 Å². The maximum absolute atomic E-state index is 11.1. The van der Waals surface area contributed by atoms with Gasteiger partial charge in [0, 0.05) is 20.2 Å². The average Bonchev–Trinajstić information content (AvgIpc) is 2.46. The fourth-order valence-electron chi connectivity index (χ4n) is 1.59. The zero-order chi connectivity index (χ0) is 15.4. The van der Waals surface area contributed by atoms with E-state index in [4.69, 9.17) is 21.4 Å². The van der Waals surface area contributed by atoms with Crippen molar-refractivity contribution in [3.8, 4) is 5.75 Å². The number of carboxylic acids is 1. The minimum Gasteiger partial charge on any atom is -0.484 e. The smallest absolute Gasteiger partial charge is 0.354 e. The van der Waals surface area contributed by atoms with Gasteiger partial charge in [0.05, 0.1) is 5.02 Å². The molecule has 1 aromatic heterocycles. The van der Waals surface area contributed by atoms with Crippen molar-refractivity contribution < 1.29 is 14.6 Å². The van der Waals surface area contributed by atoms with E-state index in [1.807, 2.05) is 0 Å². The number of para-hydroxylation sites is 1. The van der Waals surface area contributed by atoms with Gasteiger partial charge in [-0.2, -0.15) is 0 Å². The lowest BCUT2D eigenvalue weighted by molar-refractivity contribution is 0.0689. The molecule has 0 amide bonds. The van der Waals surface area contributed by atoms with E-state index in [0.29, 0.717) is 16.6 Å². The van der Waals surface area contributed by atoms with Gasteiger partial charge in [0.2, 0.25) is 0 Å². The highest BCUT2D eigenvalue weighted by Crippen LogP contribution is 2.24. The first-order chi connectivity index (χ1) is 9.97. The molecule has 0 aliphatic carbocycles. The van der Waals surface area contributed by atoms with Crippen molar-refractivity contribution in [2.75, 3.05) is 19.0 Å². The Hall–Kier alpha value is -2.34. The van der Waals surface area contributed by atoms with E-state index < -0.39 is 5.97 Å². The van der Waals surface area contributed by atoms with Crippen LogP contribution in [0.4, 0.5) is 5.82 Å². The fourth-order valence-corrected chi connectivity index (χ4v) is 1.78. The number of ether oxygens (including phenoxy) is 1. The summed E-state index contributed by atoms with van der Waals surface area (Å²) in [5.41, 5.74) is -0.0774. The fraction of sp³-hybridized carbons (Fsp3) is 0.214. The van der Waals surface area contributed by atoms with Gasteiger partial charge in [-0.25, -0.2) is 14.8 Å². The Morgan fingerprint density at radius 2 is 2.05 bits per heavy atom. The quantitative estimate of drug-likeness (QED) is 0.914. The number of carboxylic acid groups (broad SMARTS) is 1. The number of aromatic carboxylic acids is 1. The van der Waals surface area contributed by atoms with Gasteiger partial charge < -0.3 is 14.7 Å². The SMILES string of the molecule is CN(C)c1cc(C(=O)O)nc(COc2ccccc2Cl)n1. The Morgan fingerprint density at radius 1 is 1.33 bits per heavy atom. The first kappa shape index (κ1) is 15.1. The van der Waals surface area contributed by atoms with Crippen LogP contribution in [-0.4, -0.2) is 35.1 Å². The van der Waals surface area contributed by atoms with Gasteiger partial charge >= 0.3 is 5.97 Å². The number of aromatic nitrogens is 2. The highest BCUT2D eigenvalue weighted by Gasteiger charge is 2.12. The van der Waals surface area contributed by atoms with Gasteiger partial charge in [-0.15, -0.1) is 0 Å². The summed E-state index contributed by atoms with van der Waals surface area (Å²) >= 11 is 5.99. The summed E-state index contributed by atoms with van der Waals surface area (Å²) in [4.78, 5) is 21.0. The topological polar surface area (TPSA) is 75.6 Å². The number of hydrogen-bond acceptors (Lipinski definition) is 5. The van der Waals surface area contributed by atoms with Gasteiger partial charge in [0.1, 0.15) is 18.2 Å². The molecule has 0 aliphatic rings. The molecule has 0 aliphatic heterocycles. The first-order valence-corrected chi connectivity index (χ1v) is 6.51. The second-order valence-electron chi connectivity index (χ2n) is 4.45. The summed E-state index contributed by atoms with van der Waals surface area (Å²) in [6.45, 7) is 0.0334. The molecule has 0 radical (unpaired) electrons. The van der Waals surface area contributed by atoms with Crippen LogP contribution in [0.2, 0.25) is 5.02 Å². The lowest BCUT2D eigenvalue weighted by Crippen LogP contribution is -2.16. The third-order valence-corrected chi connectivity index (χ3v) is 2.94. The van der Waals surface area contributed by atoms with Crippen molar-refractivity contribution in [3.63, 3.8) is 0 Å². The van der Waals surface area contributed by atoms with E-state index in [1.54, 1.807) is 43.3 Å². The maximum Gasteiger partial charge on any atom is 0.354 e. The zero-order valence-electron chi connectivity index (χ0n) is 11.6. The number of carbonyl (C=O) groups is 1. The first-order valence-electron chi connectivity index (χ1n) is 6.13. The van der Waals surface area contributed by atoms with Crippen LogP contribution in [0.25, 0.3) is 0 Å². The second kappa shape index (κ2) is 6.41. The molecule has 7 heteroatoms. The van der Waals surface area contributed by atoms with E-state index in [1.165, 1.54) is 6.07 Å². The molecule has 2 rings (SSSR count). The summed E-state index contributed by atoms with van der Waals surface area (Å²) in [6.07, 6.45) is 0. The number of halogens is 1. The van der Waals surface area contributed by atoms with Crippen LogP contribution in [0, 0.1) is 0 Å². The molecular weight excluding hydrogens is 294 g/mol. The summed E-state index contributed by atoms with van der Waals surface area (Å²) in [7, 11) is 3.54. The molecule has 21 heavy (non-hydrogen) atoms. The Bertz CT molecular complexity index is 662. The number of hydrogen-bond donors (Lipinski definition) is 1. The standard InChI is InChI=1S/C14H14ClN3O3/c1-18(2)13-7-10(14(19)20)16-12(17-13)8-21-11-6-4-3-5-9(11)15/h3-7H,8H2,1-2H3,(H,19,20). The number of benzene rings is 1. The minimum absolute atomic E-state index is 0.0334. The van der Waals surface area contributed by atoms with Crippen molar-refractivity contribution in [2.45, 2.75) is 6.61 Å². The molecule has 6 nitrogen and oxygen atoms in total. The van der Waals surface area contributed by atoms with Crippen LogP contribution in [-0.2, 0) is 6.61 Å².